The second kappa shape index (κ2) is 6.76. The molecule has 4 heteroatoms. The molecule has 0 unspecified atom stereocenters. The number of aromatic nitrogens is 2. The van der Waals surface area contributed by atoms with Crippen LogP contribution in [0.4, 0.5) is 0 Å². The van der Waals surface area contributed by atoms with E-state index in [9.17, 15) is 4.79 Å². The van der Waals surface area contributed by atoms with Crippen LogP contribution in [-0.2, 0) is 12.0 Å². The molecule has 4 nitrogen and oxygen atoms in total. The summed E-state index contributed by atoms with van der Waals surface area (Å²) in [6.07, 6.45) is 7.09. The van der Waals surface area contributed by atoms with E-state index < -0.39 is 0 Å². The summed E-state index contributed by atoms with van der Waals surface area (Å²) < 4.78 is 1.68. The van der Waals surface area contributed by atoms with Gasteiger partial charge in [-0.25, -0.2) is 4.68 Å². The van der Waals surface area contributed by atoms with Crippen molar-refractivity contribution >= 4 is 0 Å². The number of nitrogens with zero attached hydrogens (tertiary/aromatic N) is 3. The van der Waals surface area contributed by atoms with Crippen molar-refractivity contribution < 1.29 is 0 Å². The van der Waals surface area contributed by atoms with E-state index in [-0.39, 0.29) is 11.0 Å². The Morgan fingerprint density at radius 3 is 2.39 bits per heavy atom. The van der Waals surface area contributed by atoms with E-state index in [4.69, 9.17) is 0 Å². The van der Waals surface area contributed by atoms with Crippen LogP contribution in [0.25, 0.3) is 0 Å². The SMILES string of the molecule is CC(C)(C)c1ccc(=O)n(CC2CN(CC3CCCCC3)C2)n1. The van der Waals surface area contributed by atoms with Crippen molar-refractivity contribution in [1.82, 2.24) is 14.7 Å². The molecule has 0 bridgehead atoms. The van der Waals surface area contributed by atoms with Crippen LogP contribution in [0.3, 0.4) is 0 Å². The van der Waals surface area contributed by atoms with Crippen LogP contribution in [0.5, 0.6) is 0 Å². The molecule has 0 atom stereocenters. The van der Waals surface area contributed by atoms with Gasteiger partial charge in [-0.3, -0.25) is 4.79 Å². The second-order valence-corrected chi connectivity index (χ2v) is 8.58. The van der Waals surface area contributed by atoms with Gasteiger partial charge in [0.1, 0.15) is 0 Å². The second-order valence-electron chi connectivity index (χ2n) is 8.58. The van der Waals surface area contributed by atoms with Crippen LogP contribution in [0, 0.1) is 11.8 Å². The molecule has 2 aliphatic rings. The monoisotopic (exact) mass is 317 g/mol. The lowest BCUT2D eigenvalue weighted by Gasteiger charge is -2.41. The average molecular weight is 317 g/mol. The molecule has 0 radical (unpaired) electrons. The molecule has 2 fully saturated rings. The molecule has 1 aromatic heterocycles. The average Bonchev–Trinajstić information content (AvgIpc) is 2.47. The van der Waals surface area contributed by atoms with E-state index in [2.05, 4.69) is 30.8 Å². The van der Waals surface area contributed by atoms with Gasteiger partial charge in [-0.15, -0.1) is 0 Å². The zero-order chi connectivity index (χ0) is 16.4. The van der Waals surface area contributed by atoms with Crippen LogP contribution in [-0.4, -0.2) is 34.3 Å². The Bertz CT molecular complexity index is 575. The van der Waals surface area contributed by atoms with Gasteiger partial charge >= 0.3 is 0 Å². The first-order valence-electron chi connectivity index (χ1n) is 9.23. The van der Waals surface area contributed by atoms with Crippen molar-refractivity contribution in [2.75, 3.05) is 19.6 Å². The van der Waals surface area contributed by atoms with Gasteiger partial charge in [0.25, 0.3) is 5.56 Å². The maximum atomic E-state index is 12.1. The largest absolute Gasteiger partial charge is 0.302 e. The summed E-state index contributed by atoms with van der Waals surface area (Å²) in [5.41, 5.74) is 1.02. The van der Waals surface area contributed by atoms with Crippen LogP contribution in [0.2, 0.25) is 0 Å². The summed E-state index contributed by atoms with van der Waals surface area (Å²) in [6, 6.07) is 3.54. The first kappa shape index (κ1) is 16.7. The Morgan fingerprint density at radius 2 is 1.74 bits per heavy atom. The van der Waals surface area contributed by atoms with E-state index in [1.54, 1.807) is 10.7 Å². The zero-order valence-electron chi connectivity index (χ0n) is 14.9. The predicted molar refractivity (Wildman–Crippen MR) is 93.7 cm³/mol. The topological polar surface area (TPSA) is 38.1 Å². The van der Waals surface area contributed by atoms with Crippen molar-refractivity contribution in [3.8, 4) is 0 Å². The fourth-order valence-corrected chi connectivity index (χ4v) is 3.90. The van der Waals surface area contributed by atoms with E-state index in [1.165, 1.54) is 38.6 Å². The van der Waals surface area contributed by atoms with Gasteiger partial charge in [0, 0.05) is 37.0 Å². The molecular weight excluding hydrogens is 286 g/mol. The van der Waals surface area contributed by atoms with Crippen molar-refractivity contribution in [2.24, 2.45) is 11.8 Å². The van der Waals surface area contributed by atoms with Crippen LogP contribution in [0.1, 0.15) is 58.6 Å². The van der Waals surface area contributed by atoms with Crippen molar-refractivity contribution in [3.05, 3.63) is 28.2 Å². The molecule has 128 valence electrons. The van der Waals surface area contributed by atoms with Gasteiger partial charge in [0.15, 0.2) is 0 Å². The Labute approximate surface area is 139 Å². The van der Waals surface area contributed by atoms with Crippen LogP contribution in [0.15, 0.2) is 16.9 Å². The lowest BCUT2D eigenvalue weighted by atomic mass is 9.87. The predicted octanol–water partition coefficient (Wildman–Crippen LogP) is 3.05. The number of hydrogen-bond acceptors (Lipinski definition) is 3. The van der Waals surface area contributed by atoms with E-state index in [0.29, 0.717) is 5.92 Å². The minimum atomic E-state index is -0.0118. The van der Waals surface area contributed by atoms with E-state index in [0.717, 1.165) is 31.2 Å². The highest BCUT2D eigenvalue weighted by molar-refractivity contribution is 5.10. The van der Waals surface area contributed by atoms with Gasteiger partial charge in [0.2, 0.25) is 0 Å². The zero-order valence-corrected chi connectivity index (χ0v) is 14.9. The smallest absolute Gasteiger partial charge is 0.266 e. The Hall–Kier alpha value is -1.16. The first-order chi connectivity index (χ1) is 10.9. The Morgan fingerprint density at radius 1 is 1.04 bits per heavy atom. The van der Waals surface area contributed by atoms with E-state index >= 15 is 0 Å². The highest BCUT2D eigenvalue weighted by Gasteiger charge is 2.30. The Kier molecular flexibility index (Phi) is 4.90. The summed E-state index contributed by atoms with van der Waals surface area (Å²) >= 11 is 0. The Balaban J connectivity index is 1.52. The molecule has 0 aromatic carbocycles. The number of rotatable bonds is 4. The first-order valence-corrected chi connectivity index (χ1v) is 9.23. The summed E-state index contributed by atoms with van der Waals surface area (Å²) in [6.45, 7) is 10.7. The lowest BCUT2D eigenvalue weighted by Crippen LogP contribution is -2.51. The summed E-state index contributed by atoms with van der Waals surface area (Å²) in [4.78, 5) is 14.6. The molecule has 0 spiro atoms. The molecule has 1 saturated heterocycles. The van der Waals surface area contributed by atoms with Crippen molar-refractivity contribution in [1.29, 1.82) is 0 Å². The third-order valence-electron chi connectivity index (χ3n) is 5.34. The third-order valence-corrected chi connectivity index (χ3v) is 5.34. The molecule has 1 aliphatic heterocycles. The summed E-state index contributed by atoms with van der Waals surface area (Å²) in [5, 5.41) is 4.59. The van der Waals surface area contributed by atoms with Gasteiger partial charge in [0.05, 0.1) is 12.2 Å². The molecular formula is C19H31N3O. The molecule has 23 heavy (non-hydrogen) atoms. The number of likely N-dealkylation sites (tertiary alicyclic amines) is 1. The maximum Gasteiger partial charge on any atom is 0.266 e. The lowest BCUT2D eigenvalue weighted by molar-refractivity contribution is 0.0601. The van der Waals surface area contributed by atoms with Gasteiger partial charge in [-0.05, 0) is 24.8 Å². The molecule has 1 aromatic rings. The van der Waals surface area contributed by atoms with Gasteiger partial charge in [-0.2, -0.15) is 5.10 Å². The van der Waals surface area contributed by atoms with Crippen molar-refractivity contribution in [2.45, 2.75) is 64.8 Å². The molecule has 1 saturated carbocycles. The summed E-state index contributed by atoms with van der Waals surface area (Å²) in [5.74, 6) is 1.49. The fraction of sp³-hybridized carbons (Fsp3) is 0.789. The number of hydrogen-bond donors (Lipinski definition) is 0. The normalized spacial score (nSPS) is 21.3. The fourth-order valence-electron chi connectivity index (χ4n) is 3.90. The molecule has 3 rings (SSSR count). The molecule has 2 heterocycles. The van der Waals surface area contributed by atoms with Gasteiger partial charge < -0.3 is 4.90 Å². The minimum Gasteiger partial charge on any atom is -0.302 e. The third kappa shape index (κ3) is 4.23. The van der Waals surface area contributed by atoms with Gasteiger partial charge in [-0.1, -0.05) is 40.0 Å². The molecule has 0 N–H and O–H groups in total. The highest BCUT2D eigenvalue weighted by Crippen LogP contribution is 2.27. The van der Waals surface area contributed by atoms with Crippen LogP contribution < -0.4 is 5.56 Å². The maximum absolute atomic E-state index is 12.1. The standard InChI is InChI=1S/C19H31N3O/c1-19(2,3)17-9-10-18(23)22(20-17)14-16-12-21(13-16)11-15-7-5-4-6-8-15/h9-10,15-16H,4-8,11-14H2,1-3H3. The van der Waals surface area contributed by atoms with Crippen molar-refractivity contribution in [3.63, 3.8) is 0 Å². The molecule has 0 amide bonds. The van der Waals surface area contributed by atoms with Crippen LogP contribution >= 0.6 is 0 Å². The molecule has 1 aliphatic carbocycles. The summed E-state index contributed by atoms with van der Waals surface area (Å²) in [7, 11) is 0. The minimum absolute atomic E-state index is 0.0118. The quantitative estimate of drug-likeness (QED) is 0.856. The van der Waals surface area contributed by atoms with E-state index in [1.807, 2.05) is 6.07 Å². The highest BCUT2D eigenvalue weighted by atomic mass is 16.1.